The van der Waals surface area contributed by atoms with Crippen LogP contribution in [0, 0.1) is 6.92 Å². The molecule has 21 heavy (non-hydrogen) atoms. The molecule has 2 aliphatic rings. The monoisotopic (exact) mass is 298 g/mol. The highest BCUT2D eigenvalue weighted by Crippen LogP contribution is 2.39. The predicted molar refractivity (Wildman–Crippen MR) is 74.7 cm³/mol. The summed E-state index contributed by atoms with van der Waals surface area (Å²) in [7, 11) is 1.78. The second kappa shape index (κ2) is 4.96. The number of hydrogen-bond donors (Lipinski definition) is 2. The van der Waals surface area contributed by atoms with E-state index in [9.17, 15) is 13.6 Å². The Bertz CT molecular complexity index is 558. The molecule has 0 aromatic carbocycles. The molecule has 3 rings (SSSR count). The molecule has 116 valence electrons. The number of halogens is 2. The quantitative estimate of drug-likeness (QED) is 0.901. The molecule has 0 atom stereocenters. The molecule has 2 fully saturated rings. The number of hydrogen-bond acceptors (Lipinski definition) is 2. The third-order valence-electron chi connectivity index (χ3n) is 4.47. The van der Waals surface area contributed by atoms with Crippen molar-refractivity contribution in [3.05, 3.63) is 11.3 Å². The van der Waals surface area contributed by atoms with Gasteiger partial charge >= 0.3 is 6.03 Å². The molecule has 1 heterocycles. The number of amides is 2. The van der Waals surface area contributed by atoms with Crippen molar-refractivity contribution in [2.45, 2.75) is 56.9 Å². The van der Waals surface area contributed by atoms with E-state index in [4.69, 9.17) is 0 Å². The molecular formula is C14H20F2N4O. The van der Waals surface area contributed by atoms with E-state index in [0.29, 0.717) is 11.7 Å². The van der Waals surface area contributed by atoms with Gasteiger partial charge in [-0.2, -0.15) is 5.10 Å². The van der Waals surface area contributed by atoms with Crippen molar-refractivity contribution in [2.75, 3.05) is 5.32 Å². The van der Waals surface area contributed by atoms with Crippen molar-refractivity contribution in [1.29, 1.82) is 0 Å². The summed E-state index contributed by atoms with van der Waals surface area (Å²) in [5.74, 6) is -1.50. The van der Waals surface area contributed by atoms with Crippen molar-refractivity contribution in [2.24, 2.45) is 7.05 Å². The fourth-order valence-electron chi connectivity index (χ4n) is 2.99. The van der Waals surface area contributed by atoms with Gasteiger partial charge in [0.15, 0.2) is 0 Å². The van der Waals surface area contributed by atoms with Crippen LogP contribution in [0.1, 0.15) is 49.3 Å². The summed E-state index contributed by atoms with van der Waals surface area (Å²) in [4.78, 5) is 11.9. The van der Waals surface area contributed by atoms with Crippen LogP contribution in [0.25, 0.3) is 0 Å². The van der Waals surface area contributed by atoms with Crippen LogP contribution in [0.2, 0.25) is 0 Å². The molecule has 2 N–H and O–H groups in total. The number of carbonyl (C=O) groups excluding carboxylic acids is 1. The average Bonchev–Trinajstić information content (AvgIpc) is 2.53. The predicted octanol–water partition coefficient (Wildman–Crippen LogP) is 2.92. The summed E-state index contributed by atoms with van der Waals surface area (Å²) in [6.45, 7) is 1.94. The lowest BCUT2D eigenvalue weighted by molar-refractivity contribution is -0.0893. The number of carbonyl (C=O) groups is 1. The first-order chi connectivity index (χ1) is 9.85. The second-order valence-electron chi connectivity index (χ2n) is 6.17. The van der Waals surface area contributed by atoms with Gasteiger partial charge in [-0.3, -0.25) is 10.00 Å². The van der Waals surface area contributed by atoms with E-state index < -0.39 is 18.0 Å². The van der Waals surface area contributed by atoms with E-state index in [1.165, 1.54) is 6.42 Å². The van der Waals surface area contributed by atoms with Crippen LogP contribution in [-0.2, 0) is 7.05 Å². The van der Waals surface area contributed by atoms with E-state index in [2.05, 4.69) is 15.7 Å². The van der Waals surface area contributed by atoms with Crippen LogP contribution in [0.15, 0.2) is 0 Å². The van der Waals surface area contributed by atoms with Crippen LogP contribution in [0.3, 0.4) is 0 Å². The number of aromatic nitrogens is 2. The third kappa shape index (κ3) is 2.73. The Morgan fingerprint density at radius 3 is 2.57 bits per heavy atom. The summed E-state index contributed by atoms with van der Waals surface area (Å²) in [5, 5.41) is 9.78. The molecule has 2 saturated carbocycles. The van der Waals surface area contributed by atoms with Crippen molar-refractivity contribution in [1.82, 2.24) is 15.1 Å². The molecule has 2 amide bonds. The Balaban J connectivity index is 1.62. The van der Waals surface area contributed by atoms with Gasteiger partial charge in [-0.1, -0.05) is 6.42 Å². The van der Waals surface area contributed by atoms with E-state index >= 15 is 0 Å². The maximum atomic E-state index is 12.7. The lowest BCUT2D eigenvalue weighted by atomic mass is 9.82. The molecule has 1 aromatic rings. The lowest BCUT2D eigenvalue weighted by Crippen LogP contribution is -2.51. The highest BCUT2D eigenvalue weighted by Gasteiger charge is 2.46. The van der Waals surface area contributed by atoms with Gasteiger partial charge in [0.25, 0.3) is 5.92 Å². The van der Waals surface area contributed by atoms with E-state index in [1.807, 2.05) is 6.92 Å². The van der Waals surface area contributed by atoms with Gasteiger partial charge in [-0.25, -0.2) is 13.6 Å². The van der Waals surface area contributed by atoms with Crippen LogP contribution >= 0.6 is 0 Å². The molecule has 0 aliphatic heterocycles. The fourth-order valence-corrected chi connectivity index (χ4v) is 2.99. The molecule has 5 nitrogen and oxygen atoms in total. The van der Waals surface area contributed by atoms with Gasteiger partial charge < -0.3 is 5.32 Å². The Labute approximate surface area is 122 Å². The summed E-state index contributed by atoms with van der Waals surface area (Å²) >= 11 is 0. The van der Waals surface area contributed by atoms with Gasteiger partial charge in [-0.15, -0.1) is 0 Å². The number of nitrogens with one attached hydrogen (secondary N) is 2. The first-order valence-corrected chi connectivity index (χ1v) is 7.34. The van der Waals surface area contributed by atoms with Crippen LogP contribution in [0.5, 0.6) is 0 Å². The zero-order valence-corrected chi connectivity index (χ0v) is 12.2. The minimum absolute atomic E-state index is 0.280. The molecule has 0 spiro atoms. The maximum absolute atomic E-state index is 12.7. The normalized spacial score (nSPS) is 21.5. The Hall–Kier alpha value is -1.66. The van der Waals surface area contributed by atoms with Crippen molar-refractivity contribution in [3.8, 4) is 0 Å². The number of aryl methyl sites for hydroxylation is 1. The number of anilines is 1. The van der Waals surface area contributed by atoms with Crippen molar-refractivity contribution < 1.29 is 13.6 Å². The largest absolute Gasteiger partial charge is 0.335 e. The minimum Gasteiger partial charge on any atom is -0.335 e. The van der Waals surface area contributed by atoms with E-state index in [1.54, 1.807) is 11.7 Å². The molecule has 7 heteroatoms. The highest BCUT2D eigenvalue weighted by molar-refractivity contribution is 5.89. The summed E-state index contributed by atoms with van der Waals surface area (Å²) in [5.41, 5.74) is 2.01. The maximum Gasteiger partial charge on any atom is 0.320 e. The van der Waals surface area contributed by atoms with Crippen LogP contribution in [0.4, 0.5) is 19.4 Å². The smallest absolute Gasteiger partial charge is 0.320 e. The zero-order chi connectivity index (χ0) is 15.2. The van der Waals surface area contributed by atoms with Crippen molar-refractivity contribution in [3.63, 3.8) is 0 Å². The molecular weight excluding hydrogens is 278 g/mol. The van der Waals surface area contributed by atoms with Crippen LogP contribution in [-0.4, -0.2) is 27.8 Å². The number of nitrogens with zero attached hydrogens (tertiary/aromatic N) is 2. The summed E-state index contributed by atoms with van der Waals surface area (Å²) in [6.07, 6.45) is 2.94. The average molecular weight is 298 g/mol. The summed E-state index contributed by atoms with van der Waals surface area (Å²) < 4.78 is 27.1. The minimum atomic E-state index is -2.63. The Kier molecular flexibility index (Phi) is 3.37. The van der Waals surface area contributed by atoms with Gasteiger partial charge in [0, 0.05) is 37.4 Å². The Morgan fingerprint density at radius 2 is 2.05 bits per heavy atom. The van der Waals surface area contributed by atoms with Gasteiger partial charge in [0.2, 0.25) is 0 Å². The van der Waals surface area contributed by atoms with E-state index in [-0.39, 0.29) is 12.8 Å². The Morgan fingerprint density at radius 1 is 1.38 bits per heavy atom. The molecule has 1 aromatic heterocycles. The molecule has 0 saturated heterocycles. The molecule has 2 aliphatic carbocycles. The first-order valence-electron chi connectivity index (χ1n) is 7.34. The van der Waals surface area contributed by atoms with Gasteiger partial charge in [-0.05, 0) is 19.8 Å². The zero-order valence-electron chi connectivity index (χ0n) is 12.2. The number of rotatable bonds is 3. The fraction of sp³-hybridized carbons (Fsp3) is 0.714. The third-order valence-corrected chi connectivity index (χ3v) is 4.47. The van der Waals surface area contributed by atoms with Gasteiger partial charge in [0.1, 0.15) is 5.82 Å². The topological polar surface area (TPSA) is 59.0 Å². The lowest BCUT2D eigenvalue weighted by Gasteiger charge is -2.35. The summed E-state index contributed by atoms with van der Waals surface area (Å²) in [6, 6.07) is -0.888. The number of alkyl halides is 2. The van der Waals surface area contributed by atoms with Crippen molar-refractivity contribution >= 4 is 11.8 Å². The molecule has 0 bridgehead atoms. The standard InChI is InChI=1S/C14H20F2N4O/c1-8-11(9-4-3-5-9)19-20(2)12(8)18-13(21)17-10-6-14(15,16)7-10/h9-10H,3-7H2,1-2H3,(H2,17,18,21). The SMILES string of the molecule is Cc1c(C2CCC2)nn(C)c1NC(=O)NC1CC(F)(F)C1. The molecule has 0 radical (unpaired) electrons. The molecule has 0 unspecified atom stereocenters. The number of urea groups is 1. The van der Waals surface area contributed by atoms with E-state index in [0.717, 1.165) is 24.1 Å². The van der Waals surface area contributed by atoms with Gasteiger partial charge in [0.05, 0.1) is 5.69 Å². The van der Waals surface area contributed by atoms with Crippen LogP contribution < -0.4 is 10.6 Å². The highest BCUT2D eigenvalue weighted by atomic mass is 19.3. The first kappa shape index (κ1) is 14.3. The second-order valence-corrected chi connectivity index (χ2v) is 6.17.